The molecule has 0 saturated heterocycles. The number of rotatable bonds is 5. The molecule has 0 radical (unpaired) electrons. The van der Waals surface area contributed by atoms with Crippen molar-refractivity contribution in [3.63, 3.8) is 0 Å². The topological polar surface area (TPSA) is 89.5 Å². The van der Waals surface area contributed by atoms with Crippen molar-refractivity contribution in [1.82, 2.24) is 0 Å². The number of nitro benzene ring substituents is 2. The van der Waals surface area contributed by atoms with Gasteiger partial charge in [0.1, 0.15) is 0 Å². The lowest BCUT2D eigenvalue weighted by Crippen LogP contribution is -2.34. The lowest BCUT2D eigenvalue weighted by molar-refractivity contribution is -0.422. The summed E-state index contributed by atoms with van der Waals surface area (Å²) < 4.78 is 39.5. The summed E-state index contributed by atoms with van der Waals surface area (Å²) in [5, 5.41) is 22.2. The van der Waals surface area contributed by atoms with E-state index < -0.39 is 33.2 Å². The van der Waals surface area contributed by atoms with Gasteiger partial charge in [0.25, 0.3) is 0 Å². The monoisotopic (exact) mass is 333 g/mol. The second-order valence-electron chi connectivity index (χ2n) is 4.55. The minimum atomic E-state index is -4.83. The first-order valence-corrected chi connectivity index (χ1v) is 6.50. The molecule has 0 fully saturated rings. The van der Waals surface area contributed by atoms with E-state index in [0.29, 0.717) is 12.3 Å². The summed E-state index contributed by atoms with van der Waals surface area (Å²) in [5.74, 6) is 0. The quantitative estimate of drug-likeness (QED) is 0.457. The van der Waals surface area contributed by atoms with Crippen LogP contribution in [0.2, 0.25) is 0 Å². The molecule has 10 heteroatoms. The molecule has 0 heterocycles. The molecule has 0 unspecified atom stereocenters. The van der Waals surface area contributed by atoms with Crippen molar-refractivity contribution in [2.45, 2.75) is 33.5 Å². The zero-order valence-electron chi connectivity index (χ0n) is 12.5. The van der Waals surface area contributed by atoms with E-state index in [4.69, 9.17) is 0 Å². The maximum atomic E-state index is 13.2. The number of benzene rings is 1. The highest BCUT2D eigenvalue weighted by atomic mass is 19.4. The molecule has 0 aliphatic rings. The molecule has 126 valence electrons. The van der Waals surface area contributed by atoms with Gasteiger partial charge in [-0.15, -0.1) is 13.2 Å². The summed E-state index contributed by atoms with van der Waals surface area (Å²) in [6.45, 7) is 4.11. The Balaban J connectivity index is 3.85. The minimum absolute atomic E-state index is 0.0155. The highest BCUT2D eigenvalue weighted by Gasteiger charge is 2.40. The van der Waals surface area contributed by atoms with Crippen LogP contribution in [0.25, 0.3) is 0 Å². The van der Waals surface area contributed by atoms with E-state index in [0.717, 1.165) is 6.08 Å². The zero-order chi connectivity index (χ0) is 17.9. The number of anilines is 1. The van der Waals surface area contributed by atoms with E-state index in [2.05, 4.69) is 0 Å². The van der Waals surface area contributed by atoms with E-state index in [1.54, 1.807) is 0 Å². The Morgan fingerprint density at radius 2 is 1.83 bits per heavy atom. The number of hydrogen-bond donors (Lipinski definition) is 0. The molecule has 0 aromatic heterocycles. The van der Waals surface area contributed by atoms with Crippen LogP contribution in [0.1, 0.15) is 25.0 Å². The van der Waals surface area contributed by atoms with Gasteiger partial charge in [-0.2, -0.15) is 0 Å². The van der Waals surface area contributed by atoms with Gasteiger partial charge >= 0.3 is 17.7 Å². The van der Waals surface area contributed by atoms with Gasteiger partial charge in [0.2, 0.25) is 0 Å². The van der Waals surface area contributed by atoms with Crippen LogP contribution in [0, 0.1) is 27.2 Å². The summed E-state index contributed by atoms with van der Waals surface area (Å²) in [6, 6.07) is 0.583. The zero-order valence-corrected chi connectivity index (χ0v) is 12.5. The highest BCUT2D eigenvalue weighted by molar-refractivity contribution is 5.72. The summed E-state index contributed by atoms with van der Waals surface area (Å²) in [5.41, 5.74) is -2.38. The van der Waals surface area contributed by atoms with Crippen molar-refractivity contribution in [1.29, 1.82) is 0 Å². The Kier molecular flexibility index (Phi) is 5.30. The van der Waals surface area contributed by atoms with Gasteiger partial charge in [-0.25, -0.2) is 0 Å². The SMILES string of the molecule is CC=CN(c1cc([N+](=O)[O-])c([N+](=O)[O-])c(CC)c1C)C(F)(F)F. The maximum absolute atomic E-state index is 13.2. The van der Waals surface area contributed by atoms with Crippen molar-refractivity contribution >= 4 is 17.1 Å². The van der Waals surface area contributed by atoms with Crippen molar-refractivity contribution in [2.24, 2.45) is 0 Å². The molecule has 0 saturated carbocycles. The van der Waals surface area contributed by atoms with Crippen LogP contribution in [-0.4, -0.2) is 16.1 Å². The van der Waals surface area contributed by atoms with Crippen LogP contribution < -0.4 is 4.90 Å². The highest BCUT2D eigenvalue weighted by Crippen LogP contribution is 2.42. The van der Waals surface area contributed by atoms with E-state index >= 15 is 0 Å². The molecule has 0 N–H and O–H groups in total. The number of halogens is 3. The van der Waals surface area contributed by atoms with Gasteiger partial charge in [-0.1, -0.05) is 13.0 Å². The number of allylic oxidation sites excluding steroid dienone is 1. The Hall–Kier alpha value is -2.65. The van der Waals surface area contributed by atoms with Crippen LogP contribution in [0.15, 0.2) is 18.3 Å². The standard InChI is InChI=1S/C13H14F3N3O4/c1-4-6-17(13(14,15)16)10-7-11(18(20)21)12(19(22)23)9(5-2)8(10)3/h4,6-7H,5H2,1-3H3. The number of hydrogen-bond acceptors (Lipinski definition) is 5. The van der Waals surface area contributed by atoms with Crippen LogP contribution >= 0.6 is 0 Å². The molecule has 0 atom stereocenters. The van der Waals surface area contributed by atoms with E-state index in [1.807, 2.05) is 0 Å². The molecular formula is C13H14F3N3O4. The van der Waals surface area contributed by atoms with Gasteiger partial charge in [-0.05, 0) is 25.8 Å². The first-order valence-electron chi connectivity index (χ1n) is 6.50. The van der Waals surface area contributed by atoms with E-state index in [1.165, 1.54) is 20.8 Å². The third kappa shape index (κ3) is 3.58. The molecule has 23 heavy (non-hydrogen) atoms. The average molecular weight is 333 g/mol. The van der Waals surface area contributed by atoms with Crippen molar-refractivity contribution in [2.75, 3.05) is 4.90 Å². The lowest BCUT2D eigenvalue weighted by Gasteiger charge is -2.25. The van der Waals surface area contributed by atoms with Gasteiger partial charge in [0.15, 0.2) is 0 Å². The van der Waals surface area contributed by atoms with Gasteiger partial charge in [-0.3, -0.25) is 25.1 Å². The van der Waals surface area contributed by atoms with Crippen LogP contribution in [0.5, 0.6) is 0 Å². The summed E-state index contributed by atoms with van der Waals surface area (Å²) in [6.07, 6.45) is -3.02. The van der Waals surface area contributed by atoms with Crippen molar-refractivity contribution in [3.8, 4) is 0 Å². The molecule has 0 amide bonds. The van der Waals surface area contributed by atoms with Gasteiger partial charge < -0.3 is 0 Å². The van der Waals surface area contributed by atoms with Gasteiger partial charge in [0.05, 0.1) is 15.5 Å². The van der Waals surface area contributed by atoms with Crippen LogP contribution in [0.4, 0.5) is 30.2 Å². The molecule has 1 aromatic carbocycles. The first-order chi connectivity index (χ1) is 10.6. The van der Waals surface area contributed by atoms with Crippen molar-refractivity contribution in [3.05, 3.63) is 49.7 Å². The van der Waals surface area contributed by atoms with Crippen molar-refractivity contribution < 1.29 is 23.0 Å². The lowest BCUT2D eigenvalue weighted by atomic mass is 10.00. The molecule has 1 aromatic rings. The number of nitro groups is 2. The molecular weight excluding hydrogens is 319 g/mol. The maximum Gasteiger partial charge on any atom is 0.488 e. The minimum Gasteiger partial charge on any atom is -0.259 e. The summed E-state index contributed by atoms with van der Waals surface area (Å²) in [7, 11) is 0. The second kappa shape index (κ2) is 6.63. The predicted molar refractivity (Wildman–Crippen MR) is 77.2 cm³/mol. The Bertz CT molecular complexity index is 671. The summed E-state index contributed by atoms with van der Waals surface area (Å²) >= 11 is 0. The number of alkyl halides is 3. The predicted octanol–water partition coefficient (Wildman–Crippen LogP) is 4.23. The van der Waals surface area contributed by atoms with E-state index in [-0.39, 0.29) is 22.4 Å². The van der Waals surface area contributed by atoms with Crippen LogP contribution in [0.3, 0.4) is 0 Å². The molecule has 0 spiro atoms. The Labute approximate surface area is 129 Å². The second-order valence-corrected chi connectivity index (χ2v) is 4.55. The normalized spacial score (nSPS) is 11.7. The molecule has 0 bridgehead atoms. The number of nitrogens with zero attached hydrogens (tertiary/aromatic N) is 3. The first kappa shape index (κ1) is 18.4. The molecule has 1 rings (SSSR count). The smallest absolute Gasteiger partial charge is 0.259 e. The molecule has 0 aliphatic carbocycles. The van der Waals surface area contributed by atoms with Crippen LogP contribution in [-0.2, 0) is 6.42 Å². The third-order valence-electron chi connectivity index (χ3n) is 3.20. The fourth-order valence-corrected chi connectivity index (χ4v) is 2.27. The molecule has 7 nitrogen and oxygen atoms in total. The third-order valence-corrected chi connectivity index (χ3v) is 3.20. The fourth-order valence-electron chi connectivity index (χ4n) is 2.27. The average Bonchev–Trinajstić information content (AvgIpc) is 2.42. The summed E-state index contributed by atoms with van der Waals surface area (Å²) in [4.78, 5) is 20.1. The molecule has 0 aliphatic heterocycles. The Morgan fingerprint density at radius 3 is 2.17 bits per heavy atom. The van der Waals surface area contributed by atoms with Gasteiger partial charge in [0, 0.05) is 17.8 Å². The Morgan fingerprint density at radius 1 is 1.26 bits per heavy atom. The van der Waals surface area contributed by atoms with E-state index in [9.17, 15) is 33.4 Å². The largest absolute Gasteiger partial charge is 0.488 e. The fraction of sp³-hybridized carbons (Fsp3) is 0.385.